The molecule has 4 rings (SSSR count). The van der Waals surface area contributed by atoms with Crippen molar-refractivity contribution in [3.05, 3.63) is 60.2 Å². The van der Waals surface area contributed by atoms with Crippen LogP contribution in [-0.4, -0.2) is 26.5 Å². The summed E-state index contributed by atoms with van der Waals surface area (Å²) in [5.41, 5.74) is 2.86. The SMILES string of the molecule is Cn1ccnc1C1=CC2CCCC(C1)N2Cc1ccccc1. The third-order valence-electron chi connectivity index (χ3n) is 5.10. The fourth-order valence-electron chi connectivity index (χ4n) is 4.00. The summed E-state index contributed by atoms with van der Waals surface area (Å²) in [4.78, 5) is 7.25. The lowest BCUT2D eigenvalue weighted by Gasteiger charge is -2.45. The average Bonchev–Trinajstić information content (AvgIpc) is 2.94. The van der Waals surface area contributed by atoms with Crippen LogP contribution in [0.1, 0.15) is 37.1 Å². The molecule has 1 fully saturated rings. The van der Waals surface area contributed by atoms with Crippen LogP contribution in [0.25, 0.3) is 5.57 Å². The van der Waals surface area contributed by atoms with Crippen LogP contribution in [0.3, 0.4) is 0 Å². The molecule has 1 aromatic carbocycles. The number of nitrogens with zero attached hydrogens (tertiary/aromatic N) is 3. The summed E-state index contributed by atoms with van der Waals surface area (Å²) in [7, 11) is 2.09. The third kappa shape index (κ3) is 2.50. The molecule has 0 spiro atoms. The highest BCUT2D eigenvalue weighted by Crippen LogP contribution is 2.37. The Hall–Kier alpha value is -1.87. The van der Waals surface area contributed by atoms with Gasteiger partial charge in [0.25, 0.3) is 0 Å². The van der Waals surface area contributed by atoms with Gasteiger partial charge in [-0.2, -0.15) is 0 Å². The van der Waals surface area contributed by atoms with Gasteiger partial charge in [-0.1, -0.05) is 42.8 Å². The van der Waals surface area contributed by atoms with Gasteiger partial charge in [0.1, 0.15) is 5.82 Å². The van der Waals surface area contributed by atoms with E-state index in [0.717, 1.165) is 18.8 Å². The first kappa shape index (κ1) is 13.8. The standard InChI is InChI=1S/C19H23N3/c1-21-11-10-20-19(21)16-12-17-8-5-9-18(13-16)22(17)14-15-6-3-2-4-7-15/h2-4,6-7,10-12,17-18H,5,8-9,13-14H2,1H3. The van der Waals surface area contributed by atoms with E-state index in [-0.39, 0.29) is 0 Å². The minimum Gasteiger partial charge on any atom is -0.334 e. The monoisotopic (exact) mass is 293 g/mol. The summed E-state index contributed by atoms with van der Waals surface area (Å²) in [6.07, 6.45) is 11.5. The average molecular weight is 293 g/mol. The van der Waals surface area contributed by atoms with E-state index in [9.17, 15) is 0 Å². The van der Waals surface area contributed by atoms with Gasteiger partial charge in [-0.3, -0.25) is 4.90 Å². The van der Waals surface area contributed by atoms with Crippen molar-refractivity contribution < 1.29 is 0 Å². The molecule has 0 saturated carbocycles. The van der Waals surface area contributed by atoms with E-state index in [2.05, 4.69) is 57.9 Å². The third-order valence-corrected chi connectivity index (χ3v) is 5.10. The minimum absolute atomic E-state index is 0.569. The van der Waals surface area contributed by atoms with Crippen LogP contribution in [0.4, 0.5) is 0 Å². The van der Waals surface area contributed by atoms with Gasteiger partial charge >= 0.3 is 0 Å². The van der Waals surface area contributed by atoms with Crippen LogP contribution in [0.15, 0.2) is 48.8 Å². The maximum Gasteiger partial charge on any atom is 0.135 e. The zero-order valence-corrected chi connectivity index (χ0v) is 13.2. The molecule has 2 aliphatic rings. The second-order valence-electron chi connectivity index (χ2n) is 6.57. The highest BCUT2D eigenvalue weighted by molar-refractivity contribution is 5.63. The van der Waals surface area contributed by atoms with Gasteiger partial charge in [-0.25, -0.2) is 4.98 Å². The normalized spacial score (nSPS) is 25.0. The lowest BCUT2D eigenvalue weighted by Crippen LogP contribution is -2.47. The number of rotatable bonds is 3. The van der Waals surface area contributed by atoms with Crippen molar-refractivity contribution >= 4 is 5.57 Å². The highest BCUT2D eigenvalue weighted by Gasteiger charge is 2.34. The molecule has 22 heavy (non-hydrogen) atoms. The van der Waals surface area contributed by atoms with Gasteiger partial charge in [0, 0.05) is 38.1 Å². The Kier molecular flexibility index (Phi) is 3.59. The number of piperidine rings is 1. The Morgan fingerprint density at radius 3 is 2.77 bits per heavy atom. The molecule has 2 aliphatic heterocycles. The highest BCUT2D eigenvalue weighted by atomic mass is 15.2. The van der Waals surface area contributed by atoms with Gasteiger partial charge < -0.3 is 4.57 Å². The lowest BCUT2D eigenvalue weighted by atomic mass is 9.84. The molecule has 2 aromatic rings. The topological polar surface area (TPSA) is 21.1 Å². The van der Waals surface area contributed by atoms with Crippen LogP contribution in [0, 0.1) is 0 Å². The van der Waals surface area contributed by atoms with Gasteiger partial charge in [0.05, 0.1) is 0 Å². The van der Waals surface area contributed by atoms with E-state index in [1.54, 1.807) is 0 Å². The molecule has 114 valence electrons. The van der Waals surface area contributed by atoms with Crippen molar-refractivity contribution in [2.75, 3.05) is 0 Å². The fourth-order valence-corrected chi connectivity index (χ4v) is 4.00. The van der Waals surface area contributed by atoms with Gasteiger partial charge in [-0.05, 0) is 30.4 Å². The van der Waals surface area contributed by atoms with Crippen LogP contribution in [0.2, 0.25) is 0 Å². The number of fused-ring (bicyclic) bond motifs is 2. The molecule has 3 nitrogen and oxygen atoms in total. The molecule has 2 unspecified atom stereocenters. The summed E-state index contributed by atoms with van der Waals surface area (Å²) in [6, 6.07) is 12.1. The van der Waals surface area contributed by atoms with E-state index < -0.39 is 0 Å². The zero-order chi connectivity index (χ0) is 14.9. The summed E-state index contributed by atoms with van der Waals surface area (Å²) >= 11 is 0. The number of benzene rings is 1. The molecule has 0 aliphatic carbocycles. The number of aromatic nitrogens is 2. The Morgan fingerprint density at radius 1 is 1.18 bits per heavy atom. The van der Waals surface area contributed by atoms with Crippen molar-refractivity contribution in [1.29, 1.82) is 0 Å². The van der Waals surface area contributed by atoms with E-state index in [0.29, 0.717) is 12.1 Å². The van der Waals surface area contributed by atoms with Crippen molar-refractivity contribution in [3.8, 4) is 0 Å². The second kappa shape index (κ2) is 5.73. The largest absolute Gasteiger partial charge is 0.334 e. The van der Waals surface area contributed by atoms with Gasteiger partial charge in [0.2, 0.25) is 0 Å². The van der Waals surface area contributed by atoms with Gasteiger partial charge in [0.15, 0.2) is 0 Å². The van der Waals surface area contributed by atoms with E-state index >= 15 is 0 Å². The Bertz CT molecular complexity index is 671. The van der Waals surface area contributed by atoms with E-state index in [1.165, 1.54) is 30.4 Å². The van der Waals surface area contributed by atoms with Crippen LogP contribution >= 0.6 is 0 Å². The Morgan fingerprint density at radius 2 is 2.05 bits per heavy atom. The van der Waals surface area contributed by atoms with E-state index in [1.807, 2.05) is 12.4 Å². The first-order valence-electron chi connectivity index (χ1n) is 8.29. The summed E-state index contributed by atoms with van der Waals surface area (Å²) in [5, 5.41) is 0. The number of aryl methyl sites for hydroxylation is 1. The summed E-state index contributed by atoms with van der Waals surface area (Å²) in [5.74, 6) is 1.15. The van der Waals surface area contributed by atoms with E-state index in [4.69, 9.17) is 0 Å². The number of hydrogen-bond donors (Lipinski definition) is 0. The zero-order valence-electron chi connectivity index (χ0n) is 13.2. The molecule has 0 N–H and O–H groups in total. The number of imidazole rings is 1. The molecule has 0 radical (unpaired) electrons. The molecule has 2 atom stereocenters. The first-order valence-corrected chi connectivity index (χ1v) is 8.29. The maximum atomic E-state index is 4.55. The Labute approximate surface area is 132 Å². The smallest absolute Gasteiger partial charge is 0.135 e. The molecule has 1 saturated heterocycles. The molecule has 3 heteroatoms. The number of hydrogen-bond acceptors (Lipinski definition) is 2. The Balaban J connectivity index is 1.61. The van der Waals surface area contributed by atoms with Crippen LogP contribution < -0.4 is 0 Å². The minimum atomic E-state index is 0.569. The lowest BCUT2D eigenvalue weighted by molar-refractivity contribution is 0.0949. The maximum absolute atomic E-state index is 4.55. The first-order chi connectivity index (χ1) is 10.8. The second-order valence-corrected chi connectivity index (χ2v) is 6.57. The molecule has 2 bridgehead atoms. The predicted octanol–water partition coefficient (Wildman–Crippen LogP) is 3.63. The molecular formula is C19H23N3. The predicted molar refractivity (Wildman–Crippen MR) is 89.2 cm³/mol. The molecule has 3 heterocycles. The van der Waals surface area contributed by atoms with Gasteiger partial charge in [-0.15, -0.1) is 0 Å². The molecule has 1 aromatic heterocycles. The summed E-state index contributed by atoms with van der Waals surface area (Å²) in [6.45, 7) is 1.07. The molecule has 0 amide bonds. The van der Waals surface area contributed by atoms with Crippen molar-refractivity contribution in [2.24, 2.45) is 7.05 Å². The molecular weight excluding hydrogens is 270 g/mol. The fraction of sp³-hybridized carbons (Fsp3) is 0.421. The summed E-state index contributed by atoms with van der Waals surface area (Å²) < 4.78 is 2.15. The quantitative estimate of drug-likeness (QED) is 0.861. The van der Waals surface area contributed by atoms with Crippen molar-refractivity contribution in [3.63, 3.8) is 0 Å². The van der Waals surface area contributed by atoms with Crippen molar-refractivity contribution in [2.45, 2.75) is 44.3 Å². The van der Waals surface area contributed by atoms with Crippen LogP contribution in [0.5, 0.6) is 0 Å². The van der Waals surface area contributed by atoms with Crippen LogP contribution in [-0.2, 0) is 13.6 Å². The van der Waals surface area contributed by atoms with Crippen molar-refractivity contribution in [1.82, 2.24) is 14.5 Å².